The van der Waals surface area contributed by atoms with Gasteiger partial charge in [0.25, 0.3) is 0 Å². The molecule has 0 saturated carbocycles. The van der Waals surface area contributed by atoms with Crippen molar-refractivity contribution in [2.45, 2.75) is 19.8 Å². The zero-order valence-electron chi connectivity index (χ0n) is 11.3. The Morgan fingerprint density at radius 1 is 1.20 bits per heavy atom. The number of nitrogens with zero attached hydrogens (tertiary/aromatic N) is 2. The molecule has 20 heavy (non-hydrogen) atoms. The maximum Gasteiger partial charge on any atom is 0.438 e. The third kappa shape index (κ3) is 3.12. The van der Waals surface area contributed by atoms with Crippen LogP contribution in [0.15, 0.2) is 47.8 Å². The molecule has 0 fully saturated rings. The molecule has 104 valence electrons. The lowest BCUT2D eigenvalue weighted by molar-refractivity contribution is 0.153. The van der Waals surface area contributed by atoms with Gasteiger partial charge in [-0.2, -0.15) is 5.01 Å². The Kier molecular flexibility index (Phi) is 4.65. The van der Waals surface area contributed by atoms with Gasteiger partial charge in [-0.1, -0.05) is 49.7 Å². The molecule has 0 N–H and O–H groups in total. The van der Waals surface area contributed by atoms with Crippen molar-refractivity contribution in [1.82, 2.24) is 5.01 Å². The molecule has 0 aromatic heterocycles. The van der Waals surface area contributed by atoms with Crippen LogP contribution in [0.4, 0.5) is 4.79 Å². The first-order chi connectivity index (χ1) is 9.76. The summed E-state index contributed by atoms with van der Waals surface area (Å²) in [7, 11) is 0. The van der Waals surface area contributed by atoms with Crippen LogP contribution in [0.2, 0.25) is 0 Å². The van der Waals surface area contributed by atoms with Crippen LogP contribution < -0.4 is 4.74 Å². The second kappa shape index (κ2) is 6.65. The number of hydrogen-bond donors (Lipinski definition) is 0. The van der Waals surface area contributed by atoms with Gasteiger partial charge in [-0.25, -0.2) is 4.79 Å². The summed E-state index contributed by atoms with van der Waals surface area (Å²) in [6.45, 7) is 2.24. The SMILES string of the molecule is CCCCN(N=O)C(=O)Oc1cccc2ccccc12. The maximum atomic E-state index is 11.9. The van der Waals surface area contributed by atoms with Crippen LogP contribution in [0.1, 0.15) is 19.8 Å². The van der Waals surface area contributed by atoms with E-state index in [2.05, 4.69) is 5.29 Å². The smallest absolute Gasteiger partial charge is 0.408 e. The van der Waals surface area contributed by atoms with Crippen molar-refractivity contribution in [2.24, 2.45) is 5.29 Å². The molecule has 0 spiro atoms. The average molecular weight is 272 g/mol. The summed E-state index contributed by atoms with van der Waals surface area (Å²) in [4.78, 5) is 22.6. The molecular weight excluding hydrogens is 256 g/mol. The minimum absolute atomic E-state index is 0.267. The van der Waals surface area contributed by atoms with E-state index in [1.54, 1.807) is 12.1 Å². The zero-order valence-corrected chi connectivity index (χ0v) is 11.3. The normalized spacial score (nSPS) is 10.2. The van der Waals surface area contributed by atoms with E-state index in [1.165, 1.54) is 0 Å². The van der Waals surface area contributed by atoms with Gasteiger partial charge in [-0.15, -0.1) is 4.91 Å². The van der Waals surface area contributed by atoms with Gasteiger partial charge in [0.1, 0.15) is 5.75 Å². The molecule has 0 bridgehead atoms. The number of fused-ring (bicyclic) bond motifs is 1. The Bertz CT molecular complexity index is 608. The van der Waals surface area contributed by atoms with Crippen molar-refractivity contribution in [3.8, 4) is 5.75 Å². The minimum atomic E-state index is -0.746. The van der Waals surface area contributed by atoms with Crippen molar-refractivity contribution >= 4 is 16.9 Å². The minimum Gasteiger partial charge on any atom is -0.408 e. The van der Waals surface area contributed by atoms with Gasteiger partial charge in [0.15, 0.2) is 0 Å². The highest BCUT2D eigenvalue weighted by atomic mass is 16.6. The summed E-state index contributed by atoms with van der Waals surface area (Å²) in [5.41, 5.74) is 0. The van der Waals surface area contributed by atoms with E-state index in [0.717, 1.165) is 22.2 Å². The number of hydrogen-bond acceptors (Lipinski definition) is 4. The Balaban J connectivity index is 2.19. The number of carbonyl (C=O) groups is 1. The Morgan fingerprint density at radius 3 is 2.70 bits per heavy atom. The maximum absolute atomic E-state index is 11.9. The summed E-state index contributed by atoms with van der Waals surface area (Å²) in [5.74, 6) is 0.429. The van der Waals surface area contributed by atoms with Crippen LogP contribution in [0.25, 0.3) is 10.8 Å². The first-order valence-electron chi connectivity index (χ1n) is 6.56. The summed E-state index contributed by atoms with van der Waals surface area (Å²) in [6, 6.07) is 13.0. The van der Waals surface area contributed by atoms with Crippen molar-refractivity contribution in [1.29, 1.82) is 0 Å². The van der Waals surface area contributed by atoms with Crippen LogP contribution in [0, 0.1) is 4.91 Å². The zero-order chi connectivity index (χ0) is 14.4. The fraction of sp³-hybridized carbons (Fsp3) is 0.267. The van der Waals surface area contributed by atoms with Gasteiger partial charge in [0.2, 0.25) is 0 Å². The standard InChI is InChI=1S/C15H16N2O3/c1-2-3-11-17(16-19)15(18)20-14-10-6-8-12-7-4-5-9-13(12)14/h4-10H,2-3,11H2,1H3. The fourth-order valence-corrected chi connectivity index (χ4v) is 1.90. The molecular formula is C15H16N2O3. The third-order valence-corrected chi connectivity index (χ3v) is 2.98. The van der Waals surface area contributed by atoms with Crippen LogP contribution >= 0.6 is 0 Å². The molecule has 0 atom stereocenters. The number of benzene rings is 2. The van der Waals surface area contributed by atoms with E-state index in [0.29, 0.717) is 12.2 Å². The lowest BCUT2D eigenvalue weighted by atomic mass is 10.1. The Hall–Kier alpha value is -2.43. The van der Waals surface area contributed by atoms with Gasteiger partial charge < -0.3 is 4.74 Å². The molecule has 2 aromatic rings. The van der Waals surface area contributed by atoms with Crippen LogP contribution in [0.3, 0.4) is 0 Å². The topological polar surface area (TPSA) is 59.0 Å². The van der Waals surface area contributed by atoms with E-state index in [-0.39, 0.29) is 6.54 Å². The predicted molar refractivity (Wildman–Crippen MR) is 77.4 cm³/mol. The highest BCUT2D eigenvalue weighted by Gasteiger charge is 2.17. The molecule has 0 aliphatic heterocycles. The lowest BCUT2D eigenvalue weighted by Crippen LogP contribution is -2.29. The third-order valence-electron chi connectivity index (χ3n) is 2.98. The number of amides is 1. The molecule has 2 aromatic carbocycles. The molecule has 5 heteroatoms. The van der Waals surface area contributed by atoms with Gasteiger partial charge >= 0.3 is 6.09 Å². The fourth-order valence-electron chi connectivity index (χ4n) is 1.90. The number of nitroso groups, excluding NO2 is 1. The highest BCUT2D eigenvalue weighted by molar-refractivity contribution is 5.90. The van der Waals surface area contributed by atoms with Crippen LogP contribution in [0.5, 0.6) is 5.75 Å². The van der Waals surface area contributed by atoms with Crippen molar-refractivity contribution < 1.29 is 9.53 Å². The van der Waals surface area contributed by atoms with Crippen LogP contribution in [-0.2, 0) is 0 Å². The molecule has 0 aliphatic carbocycles. The van der Waals surface area contributed by atoms with Gasteiger partial charge in [0.05, 0.1) is 11.8 Å². The molecule has 5 nitrogen and oxygen atoms in total. The second-order valence-corrected chi connectivity index (χ2v) is 4.40. The molecule has 0 heterocycles. The van der Waals surface area contributed by atoms with Gasteiger partial charge in [-0.05, 0) is 17.9 Å². The predicted octanol–water partition coefficient (Wildman–Crippen LogP) is 4.12. The second-order valence-electron chi connectivity index (χ2n) is 4.40. The summed E-state index contributed by atoms with van der Waals surface area (Å²) < 4.78 is 5.27. The van der Waals surface area contributed by atoms with Crippen molar-refractivity contribution in [3.05, 3.63) is 47.4 Å². The van der Waals surface area contributed by atoms with E-state index in [4.69, 9.17) is 4.74 Å². The summed E-state index contributed by atoms with van der Waals surface area (Å²) in [5, 5.41) is 5.31. The van der Waals surface area contributed by atoms with Crippen molar-refractivity contribution in [3.63, 3.8) is 0 Å². The highest BCUT2D eigenvalue weighted by Crippen LogP contribution is 2.25. The van der Waals surface area contributed by atoms with Crippen molar-refractivity contribution in [2.75, 3.05) is 6.54 Å². The monoisotopic (exact) mass is 272 g/mol. The van der Waals surface area contributed by atoms with E-state index in [9.17, 15) is 9.70 Å². The van der Waals surface area contributed by atoms with E-state index < -0.39 is 6.09 Å². The Morgan fingerprint density at radius 2 is 1.95 bits per heavy atom. The Labute approximate surface area is 117 Å². The molecule has 0 radical (unpaired) electrons. The summed E-state index contributed by atoms with van der Waals surface area (Å²) >= 11 is 0. The molecule has 1 amide bonds. The van der Waals surface area contributed by atoms with Gasteiger partial charge in [0, 0.05) is 5.39 Å². The van der Waals surface area contributed by atoms with Gasteiger partial charge in [-0.3, -0.25) is 0 Å². The first kappa shape index (κ1) is 14.0. The van der Waals surface area contributed by atoms with Crippen LogP contribution in [-0.4, -0.2) is 17.6 Å². The lowest BCUT2D eigenvalue weighted by Gasteiger charge is -2.13. The number of carbonyl (C=O) groups excluding carboxylic acids is 1. The average Bonchev–Trinajstić information content (AvgIpc) is 2.48. The first-order valence-corrected chi connectivity index (χ1v) is 6.56. The van der Waals surface area contributed by atoms with E-state index >= 15 is 0 Å². The number of unbranched alkanes of at least 4 members (excludes halogenated alkanes) is 1. The number of rotatable bonds is 5. The van der Waals surface area contributed by atoms with E-state index in [1.807, 2.05) is 37.3 Å². The molecule has 0 saturated heterocycles. The largest absolute Gasteiger partial charge is 0.438 e. The molecule has 0 unspecified atom stereocenters. The molecule has 0 aliphatic rings. The summed E-state index contributed by atoms with van der Waals surface area (Å²) in [6.07, 6.45) is 0.828. The molecule has 2 rings (SSSR count). The quantitative estimate of drug-likeness (QED) is 0.607. The number of ether oxygens (including phenoxy) is 1.